The third-order valence-corrected chi connectivity index (χ3v) is 4.68. The smallest absolute Gasteiger partial charge is 0.126 e. The van der Waals surface area contributed by atoms with Crippen LogP contribution in [0.15, 0.2) is 24.7 Å². The highest BCUT2D eigenvalue weighted by molar-refractivity contribution is 5.12. The first-order valence-corrected chi connectivity index (χ1v) is 7.68. The number of ether oxygens (including phenoxy) is 1. The first-order valence-electron chi connectivity index (χ1n) is 7.68. The molecule has 1 saturated heterocycles. The normalized spacial score (nSPS) is 26.1. The maximum Gasteiger partial charge on any atom is 0.126 e. The summed E-state index contributed by atoms with van der Waals surface area (Å²) in [6.45, 7) is 6.89. The lowest BCUT2D eigenvalue weighted by Crippen LogP contribution is -2.44. The molecule has 6 nitrogen and oxygen atoms in total. The lowest BCUT2D eigenvalue weighted by molar-refractivity contribution is 0.0897. The first kappa shape index (κ1) is 13.0. The lowest BCUT2D eigenvalue weighted by atomic mass is 10.1. The van der Waals surface area contributed by atoms with E-state index in [0.717, 1.165) is 39.3 Å². The Morgan fingerprint density at radius 1 is 1.38 bits per heavy atom. The van der Waals surface area contributed by atoms with Gasteiger partial charge < -0.3 is 9.30 Å². The van der Waals surface area contributed by atoms with E-state index in [0.29, 0.717) is 12.1 Å². The third kappa shape index (κ3) is 2.28. The molecule has 0 spiro atoms. The van der Waals surface area contributed by atoms with Crippen LogP contribution in [0.3, 0.4) is 0 Å². The van der Waals surface area contributed by atoms with Gasteiger partial charge in [-0.2, -0.15) is 5.10 Å². The summed E-state index contributed by atoms with van der Waals surface area (Å²) in [5.41, 5.74) is 1.24. The van der Waals surface area contributed by atoms with Crippen LogP contribution in [0.5, 0.6) is 0 Å². The summed E-state index contributed by atoms with van der Waals surface area (Å²) < 4.78 is 9.85. The van der Waals surface area contributed by atoms with Crippen molar-refractivity contribution in [3.05, 3.63) is 36.2 Å². The van der Waals surface area contributed by atoms with Crippen LogP contribution in [0.2, 0.25) is 0 Å². The van der Waals surface area contributed by atoms with E-state index in [2.05, 4.69) is 26.5 Å². The Morgan fingerprint density at radius 2 is 2.33 bits per heavy atom. The molecule has 0 amide bonds. The van der Waals surface area contributed by atoms with Gasteiger partial charge in [-0.05, 0) is 19.4 Å². The van der Waals surface area contributed by atoms with E-state index in [-0.39, 0.29) is 0 Å². The fourth-order valence-electron chi connectivity index (χ4n) is 3.54. The highest BCUT2D eigenvalue weighted by Gasteiger charge is 2.33. The minimum Gasteiger partial charge on any atom is -0.380 e. The molecule has 2 aliphatic heterocycles. The van der Waals surface area contributed by atoms with Gasteiger partial charge in [0, 0.05) is 38.1 Å². The Morgan fingerprint density at radius 3 is 3.10 bits per heavy atom. The van der Waals surface area contributed by atoms with Crippen LogP contribution in [0.4, 0.5) is 0 Å². The summed E-state index contributed by atoms with van der Waals surface area (Å²) >= 11 is 0. The predicted molar refractivity (Wildman–Crippen MR) is 77.9 cm³/mol. The lowest BCUT2D eigenvalue weighted by Gasteiger charge is -2.37. The Labute approximate surface area is 124 Å². The van der Waals surface area contributed by atoms with Gasteiger partial charge >= 0.3 is 0 Å². The average molecular weight is 287 g/mol. The van der Waals surface area contributed by atoms with Crippen molar-refractivity contribution in [3.8, 4) is 0 Å². The van der Waals surface area contributed by atoms with Crippen molar-refractivity contribution < 1.29 is 4.74 Å². The largest absolute Gasteiger partial charge is 0.380 e. The molecule has 0 aromatic carbocycles. The number of fused-ring (bicyclic) bond motifs is 1. The molecule has 21 heavy (non-hydrogen) atoms. The Hall–Kier alpha value is -1.66. The summed E-state index contributed by atoms with van der Waals surface area (Å²) in [5.74, 6) is 1.18. The Balaban J connectivity index is 1.56. The van der Waals surface area contributed by atoms with E-state index in [1.807, 2.05) is 29.3 Å². The summed E-state index contributed by atoms with van der Waals surface area (Å²) in [7, 11) is 0. The number of hydrogen-bond donors (Lipinski definition) is 0. The third-order valence-electron chi connectivity index (χ3n) is 4.68. The molecule has 4 heterocycles. The van der Waals surface area contributed by atoms with Crippen molar-refractivity contribution in [2.75, 3.05) is 19.8 Å². The number of hydrogen-bond acceptors (Lipinski definition) is 4. The van der Waals surface area contributed by atoms with E-state index in [1.165, 1.54) is 11.5 Å². The van der Waals surface area contributed by atoms with E-state index < -0.39 is 0 Å². The average Bonchev–Trinajstić information content (AvgIpc) is 3.21. The van der Waals surface area contributed by atoms with Crippen LogP contribution in [-0.4, -0.2) is 50.0 Å². The second-order valence-corrected chi connectivity index (χ2v) is 5.89. The van der Waals surface area contributed by atoms with Gasteiger partial charge in [0.25, 0.3) is 0 Å². The van der Waals surface area contributed by atoms with Gasteiger partial charge in [-0.25, -0.2) is 4.98 Å². The highest BCUT2D eigenvalue weighted by atomic mass is 16.5. The maximum atomic E-state index is 5.54. The van der Waals surface area contributed by atoms with Gasteiger partial charge in [-0.15, -0.1) is 0 Å². The molecule has 112 valence electrons. The minimum atomic E-state index is 0.358. The topological polar surface area (TPSA) is 48.1 Å². The van der Waals surface area contributed by atoms with Crippen molar-refractivity contribution in [1.29, 1.82) is 0 Å². The van der Waals surface area contributed by atoms with Crippen molar-refractivity contribution in [2.24, 2.45) is 0 Å². The van der Waals surface area contributed by atoms with E-state index in [9.17, 15) is 0 Å². The molecule has 0 N–H and O–H groups in total. The molecule has 2 aliphatic rings. The second-order valence-electron chi connectivity index (χ2n) is 5.89. The Bertz CT molecular complexity index is 600. The van der Waals surface area contributed by atoms with E-state index >= 15 is 0 Å². The fraction of sp³-hybridized carbons (Fsp3) is 0.600. The molecule has 2 atom stereocenters. The quantitative estimate of drug-likeness (QED) is 0.853. The molecule has 4 rings (SSSR count). The summed E-state index contributed by atoms with van der Waals surface area (Å²) in [4.78, 5) is 7.23. The molecular weight excluding hydrogens is 266 g/mol. The van der Waals surface area contributed by atoms with Gasteiger partial charge in [-0.1, -0.05) is 0 Å². The zero-order valence-corrected chi connectivity index (χ0v) is 12.4. The maximum absolute atomic E-state index is 5.54. The zero-order valence-electron chi connectivity index (χ0n) is 12.4. The molecule has 0 unspecified atom stereocenters. The number of rotatable bonds is 3. The molecule has 0 radical (unpaired) electrons. The molecule has 0 bridgehead atoms. The van der Waals surface area contributed by atoms with Gasteiger partial charge in [0.2, 0.25) is 0 Å². The number of aromatic nitrogens is 4. The zero-order chi connectivity index (χ0) is 14.2. The molecule has 0 aliphatic carbocycles. The molecule has 2 aromatic rings. The molecule has 6 heteroatoms. The van der Waals surface area contributed by atoms with Crippen molar-refractivity contribution >= 4 is 0 Å². The van der Waals surface area contributed by atoms with Crippen LogP contribution in [0.25, 0.3) is 0 Å². The number of imidazole rings is 1. The monoisotopic (exact) mass is 287 g/mol. The van der Waals surface area contributed by atoms with E-state index in [4.69, 9.17) is 4.74 Å². The molecule has 1 fully saturated rings. The summed E-state index contributed by atoms with van der Waals surface area (Å²) in [6, 6.07) is 2.87. The molecule has 0 saturated carbocycles. The van der Waals surface area contributed by atoms with E-state index in [1.54, 1.807) is 0 Å². The Kier molecular flexibility index (Phi) is 3.27. The van der Waals surface area contributed by atoms with Crippen molar-refractivity contribution in [2.45, 2.75) is 38.5 Å². The van der Waals surface area contributed by atoms with Crippen molar-refractivity contribution in [3.63, 3.8) is 0 Å². The van der Waals surface area contributed by atoms with Gasteiger partial charge in [0.1, 0.15) is 5.82 Å². The fourth-order valence-corrected chi connectivity index (χ4v) is 3.54. The van der Waals surface area contributed by atoms with Crippen LogP contribution in [0.1, 0.15) is 30.9 Å². The summed E-state index contributed by atoms with van der Waals surface area (Å²) in [5, 5.41) is 4.29. The van der Waals surface area contributed by atoms with Gasteiger partial charge in [0.05, 0.1) is 31.1 Å². The van der Waals surface area contributed by atoms with Crippen LogP contribution in [0, 0.1) is 0 Å². The highest BCUT2D eigenvalue weighted by Crippen LogP contribution is 2.29. The second kappa shape index (κ2) is 5.27. The predicted octanol–water partition coefficient (Wildman–Crippen LogP) is 1.29. The van der Waals surface area contributed by atoms with Crippen molar-refractivity contribution in [1.82, 2.24) is 24.2 Å². The van der Waals surface area contributed by atoms with Gasteiger partial charge in [-0.3, -0.25) is 9.58 Å². The molecule has 2 aromatic heterocycles. The van der Waals surface area contributed by atoms with Crippen LogP contribution in [-0.2, 0) is 17.8 Å². The van der Waals surface area contributed by atoms with Gasteiger partial charge in [0.15, 0.2) is 0 Å². The van der Waals surface area contributed by atoms with Crippen LogP contribution >= 0.6 is 0 Å². The summed E-state index contributed by atoms with van der Waals surface area (Å²) in [6.07, 6.45) is 6.96. The standard InChI is InChI=1S/C15H21N5O/c1-12-15-16-9-14(10-18-5-2-4-17-18)20(15)7-6-19(12)13-3-8-21-11-13/h2,4-5,9,12-13H,3,6-8,10-11H2,1H3/t12-,13-/m0/s1. The first-order chi connectivity index (χ1) is 10.3. The number of nitrogens with zero attached hydrogens (tertiary/aromatic N) is 5. The minimum absolute atomic E-state index is 0.358. The SMILES string of the molecule is C[C@H]1c2ncc(Cn3cccn3)n2CCN1[C@H]1CCOC1. The molecular formula is C15H21N5O. The van der Waals surface area contributed by atoms with Crippen LogP contribution < -0.4 is 0 Å².